The fraction of sp³-hybridized carbons (Fsp3) is 0.261. The van der Waals surface area contributed by atoms with Gasteiger partial charge in [-0.05, 0) is 42.7 Å². The fourth-order valence-corrected chi connectivity index (χ4v) is 3.47. The van der Waals surface area contributed by atoms with E-state index in [1.165, 1.54) is 12.8 Å². The van der Waals surface area contributed by atoms with E-state index < -0.39 is 0 Å². The third kappa shape index (κ3) is 4.71. The van der Waals surface area contributed by atoms with Crippen LogP contribution in [0.4, 0.5) is 0 Å². The maximum Gasteiger partial charge on any atom is 0.321 e. The molecule has 1 N–H and O–H groups in total. The third-order valence-corrected chi connectivity index (χ3v) is 5.03. The van der Waals surface area contributed by atoms with Crippen LogP contribution in [0.1, 0.15) is 36.0 Å². The highest BCUT2D eigenvalue weighted by molar-refractivity contribution is 5.95. The van der Waals surface area contributed by atoms with Crippen molar-refractivity contribution < 1.29 is 14.3 Å². The summed E-state index contributed by atoms with van der Waals surface area (Å²) in [5, 5.41) is 3.12. The Morgan fingerprint density at radius 3 is 2.45 bits per heavy atom. The Balaban J connectivity index is 1.46. The van der Waals surface area contributed by atoms with Gasteiger partial charge in [-0.15, -0.1) is 0 Å². The minimum absolute atomic E-state index is 0.0300. The van der Waals surface area contributed by atoms with E-state index in [4.69, 9.17) is 9.47 Å². The third-order valence-electron chi connectivity index (χ3n) is 5.03. The standard InChI is InChI=1S/C23H23N3O3/c1-28-20-10-5-11-21(13-20)29-23-24-14-18(15-25-23)16-6-4-7-17(12-16)22(27)26-19-8-2-3-9-19/h4-7,10-15,19H,2-3,8-9H2,1H3,(H,26,27). The Kier molecular flexibility index (Phi) is 5.70. The van der Waals surface area contributed by atoms with Crippen LogP contribution in [0.5, 0.6) is 17.5 Å². The number of methoxy groups -OCH3 is 1. The maximum absolute atomic E-state index is 12.5. The Hall–Kier alpha value is -3.41. The van der Waals surface area contributed by atoms with E-state index >= 15 is 0 Å². The zero-order valence-corrected chi connectivity index (χ0v) is 16.3. The summed E-state index contributed by atoms with van der Waals surface area (Å²) in [4.78, 5) is 21.1. The van der Waals surface area contributed by atoms with Gasteiger partial charge in [-0.25, -0.2) is 9.97 Å². The van der Waals surface area contributed by atoms with Gasteiger partial charge in [0.15, 0.2) is 0 Å². The van der Waals surface area contributed by atoms with Gasteiger partial charge < -0.3 is 14.8 Å². The van der Waals surface area contributed by atoms with Crippen molar-refractivity contribution in [1.29, 1.82) is 0 Å². The molecule has 6 heteroatoms. The second-order valence-corrected chi connectivity index (χ2v) is 7.07. The largest absolute Gasteiger partial charge is 0.497 e. The molecule has 1 fully saturated rings. The highest BCUT2D eigenvalue weighted by Gasteiger charge is 2.18. The van der Waals surface area contributed by atoms with Crippen LogP contribution in [0.2, 0.25) is 0 Å². The quantitative estimate of drug-likeness (QED) is 0.666. The number of carbonyl (C=O) groups is 1. The highest BCUT2D eigenvalue weighted by atomic mass is 16.5. The number of aromatic nitrogens is 2. The summed E-state index contributed by atoms with van der Waals surface area (Å²) >= 11 is 0. The predicted molar refractivity (Wildman–Crippen MR) is 110 cm³/mol. The highest BCUT2D eigenvalue weighted by Crippen LogP contribution is 2.25. The smallest absolute Gasteiger partial charge is 0.321 e. The van der Waals surface area contributed by atoms with Crippen molar-refractivity contribution in [3.05, 3.63) is 66.5 Å². The Morgan fingerprint density at radius 1 is 0.966 bits per heavy atom. The van der Waals surface area contributed by atoms with E-state index in [-0.39, 0.29) is 11.9 Å². The minimum Gasteiger partial charge on any atom is -0.497 e. The van der Waals surface area contributed by atoms with Gasteiger partial charge in [0.1, 0.15) is 11.5 Å². The summed E-state index contributed by atoms with van der Waals surface area (Å²) in [6.07, 6.45) is 7.88. The number of carbonyl (C=O) groups excluding carboxylic acids is 1. The van der Waals surface area contributed by atoms with Crippen LogP contribution >= 0.6 is 0 Å². The molecule has 4 rings (SSSR count). The molecule has 2 aromatic carbocycles. The lowest BCUT2D eigenvalue weighted by Crippen LogP contribution is -2.32. The van der Waals surface area contributed by atoms with Gasteiger partial charge in [0.2, 0.25) is 0 Å². The van der Waals surface area contributed by atoms with Crippen molar-refractivity contribution in [2.75, 3.05) is 7.11 Å². The summed E-state index contributed by atoms with van der Waals surface area (Å²) in [6, 6.07) is 15.3. The van der Waals surface area contributed by atoms with Gasteiger partial charge in [-0.1, -0.05) is 31.0 Å². The minimum atomic E-state index is -0.0300. The fourth-order valence-electron chi connectivity index (χ4n) is 3.47. The van der Waals surface area contributed by atoms with E-state index in [0.29, 0.717) is 23.1 Å². The molecule has 1 heterocycles. The average molecular weight is 389 g/mol. The van der Waals surface area contributed by atoms with Crippen molar-refractivity contribution >= 4 is 5.91 Å². The van der Waals surface area contributed by atoms with Gasteiger partial charge in [0.05, 0.1) is 7.11 Å². The molecule has 0 saturated heterocycles. The van der Waals surface area contributed by atoms with Gasteiger partial charge in [-0.3, -0.25) is 4.79 Å². The summed E-state index contributed by atoms with van der Waals surface area (Å²) in [5.74, 6) is 1.27. The average Bonchev–Trinajstić information content (AvgIpc) is 3.27. The van der Waals surface area contributed by atoms with E-state index in [0.717, 1.165) is 24.0 Å². The summed E-state index contributed by atoms with van der Waals surface area (Å²) in [7, 11) is 1.60. The van der Waals surface area contributed by atoms with Crippen molar-refractivity contribution in [2.45, 2.75) is 31.7 Å². The lowest BCUT2D eigenvalue weighted by atomic mass is 10.1. The molecule has 1 aromatic heterocycles. The second-order valence-electron chi connectivity index (χ2n) is 7.07. The molecule has 0 bridgehead atoms. The molecule has 1 aliphatic carbocycles. The molecule has 0 aliphatic heterocycles. The normalized spacial score (nSPS) is 13.8. The maximum atomic E-state index is 12.5. The van der Waals surface area contributed by atoms with Crippen LogP contribution < -0.4 is 14.8 Å². The number of hydrogen-bond donors (Lipinski definition) is 1. The lowest BCUT2D eigenvalue weighted by Gasteiger charge is -2.12. The van der Waals surface area contributed by atoms with E-state index in [1.54, 1.807) is 25.6 Å². The number of nitrogens with zero attached hydrogens (tertiary/aromatic N) is 2. The lowest BCUT2D eigenvalue weighted by molar-refractivity contribution is 0.0938. The molecule has 148 valence electrons. The molecular weight excluding hydrogens is 366 g/mol. The first-order chi connectivity index (χ1) is 14.2. The summed E-state index contributed by atoms with van der Waals surface area (Å²) < 4.78 is 10.9. The number of ether oxygens (including phenoxy) is 2. The summed E-state index contributed by atoms with van der Waals surface area (Å²) in [5.41, 5.74) is 2.35. The first-order valence-electron chi connectivity index (χ1n) is 9.76. The molecular formula is C23H23N3O3. The van der Waals surface area contributed by atoms with E-state index in [1.807, 2.05) is 42.5 Å². The second kappa shape index (κ2) is 8.73. The Labute approximate surface area is 169 Å². The predicted octanol–water partition coefficient (Wildman–Crippen LogP) is 4.62. The zero-order chi connectivity index (χ0) is 20.1. The van der Waals surface area contributed by atoms with Crippen LogP contribution in [0.15, 0.2) is 60.9 Å². The van der Waals surface area contributed by atoms with E-state index in [2.05, 4.69) is 15.3 Å². The van der Waals surface area contributed by atoms with Crippen molar-refractivity contribution in [3.8, 4) is 28.6 Å². The SMILES string of the molecule is COc1cccc(Oc2ncc(-c3cccc(C(=O)NC4CCCC4)c3)cn2)c1. The topological polar surface area (TPSA) is 73.3 Å². The number of benzene rings is 2. The van der Waals surface area contributed by atoms with Crippen LogP contribution in [-0.2, 0) is 0 Å². The molecule has 29 heavy (non-hydrogen) atoms. The number of amides is 1. The molecule has 0 atom stereocenters. The Morgan fingerprint density at radius 2 is 1.69 bits per heavy atom. The van der Waals surface area contributed by atoms with Gasteiger partial charge in [-0.2, -0.15) is 0 Å². The van der Waals surface area contributed by atoms with Crippen LogP contribution in [0, 0.1) is 0 Å². The Bertz CT molecular complexity index is 983. The number of nitrogens with one attached hydrogen (secondary N) is 1. The number of hydrogen-bond acceptors (Lipinski definition) is 5. The van der Waals surface area contributed by atoms with Crippen LogP contribution in [0.25, 0.3) is 11.1 Å². The van der Waals surface area contributed by atoms with Crippen molar-refractivity contribution in [1.82, 2.24) is 15.3 Å². The monoisotopic (exact) mass is 389 g/mol. The first-order valence-corrected chi connectivity index (χ1v) is 9.76. The first kappa shape index (κ1) is 18.9. The molecule has 1 amide bonds. The zero-order valence-electron chi connectivity index (χ0n) is 16.3. The van der Waals surface area contributed by atoms with Gasteiger partial charge in [0, 0.05) is 35.6 Å². The molecule has 1 aliphatic rings. The molecule has 0 unspecified atom stereocenters. The van der Waals surface area contributed by atoms with Gasteiger partial charge >= 0.3 is 6.01 Å². The molecule has 6 nitrogen and oxygen atoms in total. The van der Waals surface area contributed by atoms with Gasteiger partial charge in [0.25, 0.3) is 5.91 Å². The summed E-state index contributed by atoms with van der Waals surface area (Å²) in [6.45, 7) is 0. The molecule has 0 radical (unpaired) electrons. The molecule has 1 saturated carbocycles. The van der Waals surface area contributed by atoms with Crippen molar-refractivity contribution in [3.63, 3.8) is 0 Å². The van der Waals surface area contributed by atoms with Crippen LogP contribution in [0.3, 0.4) is 0 Å². The number of rotatable bonds is 6. The van der Waals surface area contributed by atoms with Crippen LogP contribution in [-0.4, -0.2) is 29.0 Å². The van der Waals surface area contributed by atoms with E-state index in [9.17, 15) is 4.79 Å². The molecule has 0 spiro atoms. The molecule has 3 aromatic rings. The van der Waals surface area contributed by atoms with Crippen molar-refractivity contribution in [2.24, 2.45) is 0 Å².